The number of hydrogen-bond donors (Lipinski definition) is 0. The first-order chi connectivity index (χ1) is 21.8. The Hall–Kier alpha value is -3.44. The monoisotopic (exact) mass is 600 g/mol. The zero-order chi connectivity index (χ0) is 30.1. The molecule has 0 spiro atoms. The van der Waals surface area contributed by atoms with Crippen molar-refractivity contribution in [2.45, 2.75) is 52.9 Å². The minimum atomic E-state index is 0.220. The van der Waals surface area contributed by atoms with Crippen LogP contribution in [-0.2, 0) is 90.7 Å². The third-order valence-corrected chi connectivity index (χ3v) is 6.91. The second kappa shape index (κ2) is 18.4. The molecule has 8 nitrogen and oxygen atoms in total. The molecule has 232 valence electrons. The maximum absolute atomic E-state index is 5.68. The van der Waals surface area contributed by atoms with Crippen LogP contribution in [-0.4, -0.2) is 27.2 Å². The molecule has 0 amide bonds. The van der Waals surface area contributed by atoms with Gasteiger partial charge in [0.05, 0.1) is 52.9 Å². The highest BCUT2D eigenvalue weighted by Gasteiger charge is 2.02. The molecule has 0 aromatic heterocycles. The fraction of sp³-hybridized carbons (Fsp3) is 0.333. The fourth-order valence-electron chi connectivity index (χ4n) is 4.44. The van der Waals surface area contributed by atoms with Gasteiger partial charge in [0.2, 0.25) is 0 Å². The standard InChI is InChI=1S/C36H40O8/c1-2-30-4-3-29(1)17-37-25-39-19-31-5-7-33(8-6-31)21-41-27-43-23-35-13-15-36(16-14-35)24-44-28-42-22-34-11-9-32(10-12-34)20-40-26-38-18-30/h1-16H,17-28H2. The summed E-state index contributed by atoms with van der Waals surface area (Å²) in [6.45, 7) is 4.71. The molecule has 0 radical (unpaired) electrons. The lowest BCUT2D eigenvalue weighted by molar-refractivity contribution is -0.0703. The Morgan fingerprint density at radius 2 is 0.318 bits per heavy atom. The van der Waals surface area contributed by atoms with E-state index in [4.69, 9.17) is 37.9 Å². The Morgan fingerprint density at radius 1 is 0.205 bits per heavy atom. The first-order valence-corrected chi connectivity index (χ1v) is 14.7. The third-order valence-electron chi connectivity index (χ3n) is 6.91. The Bertz CT molecular complexity index is 1030. The molecule has 4 aromatic rings. The van der Waals surface area contributed by atoms with Crippen LogP contribution < -0.4 is 0 Å². The van der Waals surface area contributed by atoms with E-state index in [9.17, 15) is 0 Å². The zero-order valence-corrected chi connectivity index (χ0v) is 25.0. The molecule has 4 aromatic carbocycles. The molecule has 10 aliphatic rings. The van der Waals surface area contributed by atoms with Gasteiger partial charge in [-0.2, -0.15) is 0 Å². The van der Waals surface area contributed by atoms with Crippen molar-refractivity contribution < 1.29 is 37.9 Å². The van der Waals surface area contributed by atoms with Crippen LogP contribution in [0.2, 0.25) is 0 Å². The maximum Gasteiger partial charge on any atom is 0.147 e. The molecule has 8 bridgehead atoms. The van der Waals surface area contributed by atoms with Crippen molar-refractivity contribution in [1.82, 2.24) is 0 Å². The molecule has 0 fully saturated rings. The van der Waals surface area contributed by atoms with Gasteiger partial charge in [0.25, 0.3) is 0 Å². The molecular formula is C36H40O8. The van der Waals surface area contributed by atoms with Crippen molar-refractivity contribution in [3.63, 3.8) is 0 Å². The smallest absolute Gasteiger partial charge is 0.147 e. The zero-order valence-electron chi connectivity index (χ0n) is 25.0. The molecule has 0 saturated carbocycles. The summed E-state index contributed by atoms with van der Waals surface area (Å²) in [4.78, 5) is 0. The van der Waals surface area contributed by atoms with Crippen molar-refractivity contribution in [2.75, 3.05) is 27.2 Å². The fourth-order valence-corrected chi connectivity index (χ4v) is 4.44. The molecule has 0 aliphatic carbocycles. The molecule has 44 heavy (non-hydrogen) atoms. The molecule has 8 heteroatoms. The van der Waals surface area contributed by atoms with E-state index in [0.717, 1.165) is 44.5 Å². The maximum atomic E-state index is 5.68. The lowest BCUT2D eigenvalue weighted by Crippen LogP contribution is -2.03. The Morgan fingerprint density at radius 3 is 0.432 bits per heavy atom. The SMILES string of the molecule is c1cc2ccc1COCOCc1ccc(cc1)COCOCc1ccc(cc1)COCOCc1ccc(cc1)COCOC2. The van der Waals surface area contributed by atoms with E-state index in [-0.39, 0.29) is 27.2 Å². The van der Waals surface area contributed by atoms with Gasteiger partial charge >= 0.3 is 0 Å². The second-order valence-electron chi connectivity index (χ2n) is 10.5. The van der Waals surface area contributed by atoms with Crippen LogP contribution in [0.4, 0.5) is 0 Å². The Labute approximate surface area is 259 Å². The summed E-state index contributed by atoms with van der Waals surface area (Å²) in [5.74, 6) is 0. The molecular weight excluding hydrogens is 560 g/mol. The van der Waals surface area contributed by atoms with Crippen LogP contribution in [0.15, 0.2) is 97.1 Å². The van der Waals surface area contributed by atoms with Gasteiger partial charge in [-0.15, -0.1) is 0 Å². The third kappa shape index (κ3) is 11.6. The normalized spacial score (nSPS) is 17.1. The van der Waals surface area contributed by atoms with Crippen molar-refractivity contribution in [3.8, 4) is 0 Å². The largest absolute Gasteiger partial charge is 0.351 e. The van der Waals surface area contributed by atoms with Crippen LogP contribution >= 0.6 is 0 Å². The highest BCUT2D eigenvalue weighted by molar-refractivity contribution is 5.24. The lowest BCUT2D eigenvalue weighted by Gasteiger charge is -2.10. The van der Waals surface area contributed by atoms with Gasteiger partial charge in [-0.1, -0.05) is 97.1 Å². The number of rotatable bonds is 0. The first-order valence-electron chi connectivity index (χ1n) is 14.7. The van der Waals surface area contributed by atoms with Crippen LogP contribution in [0.25, 0.3) is 0 Å². The van der Waals surface area contributed by atoms with Crippen LogP contribution in [0, 0.1) is 0 Å². The second-order valence-corrected chi connectivity index (χ2v) is 10.5. The van der Waals surface area contributed by atoms with E-state index >= 15 is 0 Å². The molecule has 0 atom stereocenters. The predicted molar refractivity (Wildman–Crippen MR) is 164 cm³/mol. The van der Waals surface area contributed by atoms with Crippen LogP contribution in [0.1, 0.15) is 44.5 Å². The minimum Gasteiger partial charge on any atom is -0.351 e. The summed E-state index contributed by atoms with van der Waals surface area (Å²) in [7, 11) is 0. The van der Waals surface area contributed by atoms with Crippen LogP contribution in [0.3, 0.4) is 0 Å². The quantitative estimate of drug-likeness (QED) is 0.219. The summed E-state index contributed by atoms with van der Waals surface area (Å²) in [5.41, 5.74) is 8.59. The summed E-state index contributed by atoms with van der Waals surface area (Å²) in [5, 5.41) is 0. The predicted octanol–water partition coefficient (Wildman–Crippen LogP) is 6.76. The van der Waals surface area contributed by atoms with E-state index in [1.165, 1.54) is 0 Å². The average Bonchev–Trinajstić information content (AvgIpc) is 3.06. The van der Waals surface area contributed by atoms with Crippen molar-refractivity contribution in [1.29, 1.82) is 0 Å². The Kier molecular flexibility index (Phi) is 13.4. The number of ether oxygens (including phenoxy) is 8. The van der Waals surface area contributed by atoms with Gasteiger partial charge in [-0.25, -0.2) is 0 Å². The van der Waals surface area contributed by atoms with Gasteiger partial charge in [-0.05, 0) is 44.5 Å². The molecule has 0 saturated heterocycles. The van der Waals surface area contributed by atoms with Gasteiger partial charge in [0.15, 0.2) is 0 Å². The van der Waals surface area contributed by atoms with E-state index < -0.39 is 0 Å². The van der Waals surface area contributed by atoms with Crippen molar-refractivity contribution >= 4 is 0 Å². The number of hydrogen-bond acceptors (Lipinski definition) is 8. The summed E-state index contributed by atoms with van der Waals surface area (Å²) < 4.78 is 45.5. The summed E-state index contributed by atoms with van der Waals surface area (Å²) in [6, 6.07) is 32.6. The van der Waals surface area contributed by atoms with Gasteiger partial charge < -0.3 is 37.9 Å². The van der Waals surface area contributed by atoms with Crippen molar-refractivity contribution in [2.24, 2.45) is 0 Å². The number of benzene rings is 4. The molecule has 14 rings (SSSR count). The molecule has 0 unspecified atom stereocenters. The van der Waals surface area contributed by atoms with Gasteiger partial charge in [0, 0.05) is 0 Å². The minimum absolute atomic E-state index is 0.220. The molecule has 10 aliphatic heterocycles. The lowest BCUT2D eigenvalue weighted by atomic mass is 10.1. The van der Waals surface area contributed by atoms with E-state index in [1.807, 2.05) is 97.1 Å². The highest BCUT2D eigenvalue weighted by atomic mass is 16.7. The van der Waals surface area contributed by atoms with Gasteiger partial charge in [0.1, 0.15) is 27.2 Å². The van der Waals surface area contributed by atoms with Crippen LogP contribution in [0.5, 0.6) is 0 Å². The first kappa shape index (κ1) is 32.0. The summed E-state index contributed by atoms with van der Waals surface area (Å²) >= 11 is 0. The average molecular weight is 601 g/mol. The van der Waals surface area contributed by atoms with E-state index in [2.05, 4.69) is 0 Å². The van der Waals surface area contributed by atoms with E-state index in [1.54, 1.807) is 0 Å². The Balaban J connectivity index is 1.09. The summed E-state index contributed by atoms with van der Waals surface area (Å²) in [6.07, 6.45) is 0. The van der Waals surface area contributed by atoms with Gasteiger partial charge in [-0.3, -0.25) is 0 Å². The molecule has 10 heterocycles. The topological polar surface area (TPSA) is 73.8 Å². The van der Waals surface area contributed by atoms with E-state index in [0.29, 0.717) is 52.9 Å². The molecule has 0 N–H and O–H groups in total. The van der Waals surface area contributed by atoms with Crippen molar-refractivity contribution in [3.05, 3.63) is 142 Å². The highest BCUT2D eigenvalue weighted by Crippen LogP contribution is 2.12.